The predicted octanol–water partition coefficient (Wildman–Crippen LogP) is 2.64. The summed E-state index contributed by atoms with van der Waals surface area (Å²) < 4.78 is 33.7. The molecule has 2 aromatic heterocycles. The second-order valence-electron chi connectivity index (χ2n) is 7.57. The summed E-state index contributed by atoms with van der Waals surface area (Å²) in [4.78, 5) is 20.0. The number of rotatable bonds is 4. The first kappa shape index (κ1) is 19.8. The quantitative estimate of drug-likeness (QED) is 0.755. The molecule has 0 N–H and O–H groups in total. The van der Waals surface area contributed by atoms with Crippen LogP contribution in [-0.4, -0.2) is 67.6 Å². The number of carbonyl (C=O) groups is 1. The molecule has 1 aliphatic carbocycles. The smallest absolute Gasteiger partial charge is 0.263 e. The molecule has 1 saturated heterocycles. The molecule has 0 aromatic carbocycles. The number of hydrogen-bond acceptors (Lipinski definition) is 6. The number of sulfonamides is 1. The second-order valence-corrected chi connectivity index (χ2v) is 10.8. The fourth-order valence-electron chi connectivity index (χ4n) is 4.06. The van der Waals surface area contributed by atoms with Gasteiger partial charge in [0.25, 0.3) is 5.91 Å². The molecule has 0 bridgehead atoms. The number of morpholine rings is 1. The van der Waals surface area contributed by atoms with Gasteiger partial charge in [-0.15, -0.1) is 11.3 Å². The highest BCUT2D eigenvalue weighted by Gasteiger charge is 2.39. The molecule has 152 valence electrons. The van der Waals surface area contributed by atoms with E-state index < -0.39 is 16.1 Å². The molecule has 4 rings (SSSR count). The van der Waals surface area contributed by atoms with Crippen LogP contribution in [0.1, 0.15) is 47.0 Å². The summed E-state index contributed by atoms with van der Waals surface area (Å²) in [5.74, 6) is -0.114. The van der Waals surface area contributed by atoms with Crippen molar-refractivity contribution in [2.75, 3.05) is 33.8 Å². The lowest BCUT2D eigenvalue weighted by molar-refractivity contribution is -0.00230. The van der Waals surface area contributed by atoms with E-state index in [-0.39, 0.29) is 17.7 Å². The van der Waals surface area contributed by atoms with Gasteiger partial charge in [0.05, 0.1) is 18.0 Å². The monoisotopic (exact) mass is 423 g/mol. The molecule has 9 heteroatoms. The Kier molecular flexibility index (Phi) is 5.43. The van der Waals surface area contributed by atoms with E-state index in [0.717, 1.165) is 41.5 Å². The number of nitrogens with zero attached hydrogens (tertiary/aromatic N) is 3. The lowest BCUT2D eigenvalue weighted by Crippen LogP contribution is -2.46. The minimum absolute atomic E-state index is 0.114. The van der Waals surface area contributed by atoms with E-state index in [0.29, 0.717) is 18.0 Å². The molecule has 2 aromatic rings. The van der Waals surface area contributed by atoms with Gasteiger partial charge >= 0.3 is 0 Å². The van der Waals surface area contributed by atoms with Crippen molar-refractivity contribution in [2.45, 2.75) is 37.0 Å². The standard InChI is InChI=1S/C19H25N3O4S2/c1-21(2)19(23)17-16(14-8-5-9-20-18(14)27-17)15-12-22(10-11-26-15)28(24,25)13-6-3-4-7-13/h5,8-9,13,15H,3-4,6-7,10-12H2,1-2H3/t15-/m1/s1. The van der Waals surface area contributed by atoms with Crippen LogP contribution in [0.25, 0.3) is 10.2 Å². The second kappa shape index (κ2) is 7.70. The van der Waals surface area contributed by atoms with E-state index in [1.807, 2.05) is 12.1 Å². The normalized spacial score (nSPS) is 22.0. The van der Waals surface area contributed by atoms with E-state index in [2.05, 4.69) is 4.98 Å². The highest BCUT2D eigenvalue weighted by atomic mass is 32.2. The van der Waals surface area contributed by atoms with Crippen LogP contribution >= 0.6 is 11.3 Å². The van der Waals surface area contributed by atoms with Crippen LogP contribution in [0.2, 0.25) is 0 Å². The molecule has 2 fully saturated rings. The summed E-state index contributed by atoms with van der Waals surface area (Å²) in [5, 5.41) is 0.581. The first-order valence-electron chi connectivity index (χ1n) is 9.59. The molecule has 7 nitrogen and oxygen atoms in total. The zero-order valence-electron chi connectivity index (χ0n) is 16.1. The fourth-order valence-corrected chi connectivity index (χ4v) is 7.30. The molecular formula is C19H25N3O4S2. The molecule has 1 aliphatic heterocycles. The minimum atomic E-state index is -3.34. The SMILES string of the molecule is CN(C)C(=O)c1sc2ncccc2c1[C@H]1CN(S(=O)(=O)C2CCCC2)CCO1. The molecule has 0 radical (unpaired) electrons. The third-order valence-electron chi connectivity index (χ3n) is 5.54. The summed E-state index contributed by atoms with van der Waals surface area (Å²) in [6.07, 6.45) is 4.65. The van der Waals surface area contributed by atoms with Gasteiger partial charge in [0.15, 0.2) is 0 Å². The van der Waals surface area contributed by atoms with Gasteiger partial charge in [-0.25, -0.2) is 13.4 Å². The van der Waals surface area contributed by atoms with Crippen LogP contribution < -0.4 is 0 Å². The number of ether oxygens (including phenoxy) is 1. The molecule has 1 amide bonds. The predicted molar refractivity (Wildman–Crippen MR) is 109 cm³/mol. The van der Waals surface area contributed by atoms with Crippen LogP contribution in [0, 0.1) is 0 Å². The zero-order chi connectivity index (χ0) is 19.9. The van der Waals surface area contributed by atoms with Crippen LogP contribution in [0.3, 0.4) is 0 Å². The molecular weight excluding hydrogens is 398 g/mol. The topological polar surface area (TPSA) is 79.8 Å². The van der Waals surface area contributed by atoms with Crippen molar-refractivity contribution in [3.8, 4) is 0 Å². The summed E-state index contributed by atoms with van der Waals surface area (Å²) in [5.41, 5.74) is 0.762. The zero-order valence-corrected chi connectivity index (χ0v) is 17.8. The van der Waals surface area contributed by atoms with Gasteiger partial charge < -0.3 is 9.64 Å². The van der Waals surface area contributed by atoms with Crippen LogP contribution in [-0.2, 0) is 14.8 Å². The number of carbonyl (C=O) groups excluding carboxylic acids is 1. The molecule has 1 atom stereocenters. The molecule has 28 heavy (non-hydrogen) atoms. The Morgan fingerprint density at radius 2 is 2.07 bits per heavy atom. The summed E-state index contributed by atoms with van der Waals surface area (Å²) in [6, 6.07) is 3.76. The van der Waals surface area contributed by atoms with E-state index >= 15 is 0 Å². The largest absolute Gasteiger partial charge is 0.371 e. The average molecular weight is 424 g/mol. The number of pyridine rings is 1. The molecule has 0 unspecified atom stereocenters. The van der Waals surface area contributed by atoms with Crippen molar-refractivity contribution in [3.05, 3.63) is 28.8 Å². The minimum Gasteiger partial charge on any atom is -0.371 e. The summed E-state index contributed by atoms with van der Waals surface area (Å²) in [7, 11) is 0.0790. The van der Waals surface area contributed by atoms with Gasteiger partial charge in [-0.3, -0.25) is 4.79 Å². The first-order chi connectivity index (χ1) is 13.4. The maximum atomic E-state index is 13.1. The highest BCUT2D eigenvalue weighted by molar-refractivity contribution is 7.89. The summed E-state index contributed by atoms with van der Waals surface area (Å²) in [6.45, 7) is 0.934. The van der Waals surface area contributed by atoms with Crippen LogP contribution in [0.15, 0.2) is 18.3 Å². The maximum absolute atomic E-state index is 13.1. The Labute approximate surface area is 169 Å². The Balaban J connectivity index is 1.71. The van der Waals surface area contributed by atoms with Gasteiger partial charge in [-0.1, -0.05) is 18.9 Å². The fraction of sp³-hybridized carbons (Fsp3) is 0.579. The first-order valence-corrected chi connectivity index (χ1v) is 11.9. The molecule has 0 spiro atoms. The third-order valence-corrected chi connectivity index (χ3v) is 9.02. The van der Waals surface area contributed by atoms with Crippen molar-refractivity contribution in [3.63, 3.8) is 0 Å². The number of amides is 1. The van der Waals surface area contributed by atoms with Gasteiger partial charge in [0.2, 0.25) is 10.0 Å². The third kappa shape index (κ3) is 3.45. The Hall–Kier alpha value is -1.55. The maximum Gasteiger partial charge on any atom is 0.263 e. The lowest BCUT2D eigenvalue weighted by atomic mass is 10.0. The van der Waals surface area contributed by atoms with E-state index in [1.165, 1.54) is 16.2 Å². The van der Waals surface area contributed by atoms with Crippen molar-refractivity contribution in [1.82, 2.24) is 14.2 Å². The Bertz CT molecular complexity index is 980. The number of fused-ring (bicyclic) bond motifs is 1. The molecule has 3 heterocycles. The average Bonchev–Trinajstić information content (AvgIpc) is 3.35. The Morgan fingerprint density at radius 3 is 2.79 bits per heavy atom. The van der Waals surface area contributed by atoms with E-state index in [4.69, 9.17) is 4.74 Å². The highest BCUT2D eigenvalue weighted by Crippen LogP contribution is 2.39. The van der Waals surface area contributed by atoms with Gasteiger partial charge in [0, 0.05) is 44.3 Å². The Morgan fingerprint density at radius 1 is 1.32 bits per heavy atom. The van der Waals surface area contributed by atoms with Gasteiger partial charge in [-0.05, 0) is 18.9 Å². The van der Waals surface area contributed by atoms with Crippen molar-refractivity contribution >= 4 is 37.5 Å². The lowest BCUT2D eigenvalue weighted by Gasteiger charge is -2.34. The number of hydrogen-bond donors (Lipinski definition) is 0. The van der Waals surface area contributed by atoms with Crippen molar-refractivity contribution in [2.24, 2.45) is 0 Å². The van der Waals surface area contributed by atoms with Crippen LogP contribution in [0.4, 0.5) is 0 Å². The van der Waals surface area contributed by atoms with Crippen molar-refractivity contribution < 1.29 is 17.9 Å². The molecule has 1 saturated carbocycles. The van der Waals surface area contributed by atoms with E-state index in [9.17, 15) is 13.2 Å². The molecule has 2 aliphatic rings. The van der Waals surface area contributed by atoms with Gasteiger partial charge in [0.1, 0.15) is 9.71 Å². The van der Waals surface area contributed by atoms with Crippen molar-refractivity contribution in [1.29, 1.82) is 0 Å². The number of aromatic nitrogens is 1. The van der Waals surface area contributed by atoms with E-state index in [1.54, 1.807) is 24.6 Å². The van der Waals surface area contributed by atoms with Crippen LogP contribution in [0.5, 0.6) is 0 Å². The summed E-state index contributed by atoms with van der Waals surface area (Å²) >= 11 is 1.34. The van der Waals surface area contributed by atoms with Gasteiger partial charge in [-0.2, -0.15) is 4.31 Å². The number of thiophene rings is 1.